The fraction of sp³-hybridized carbons (Fsp3) is 0. The fourth-order valence-corrected chi connectivity index (χ4v) is 2.26. The lowest BCUT2D eigenvalue weighted by atomic mass is 10.1. The van der Waals surface area contributed by atoms with Crippen LogP contribution in [0.15, 0.2) is 65.4 Å². The molecular formula is C15H10N2O. The van der Waals surface area contributed by atoms with E-state index < -0.39 is 0 Å². The first-order valence-electron chi connectivity index (χ1n) is 5.82. The minimum Gasteiger partial charge on any atom is -0.432 e. The van der Waals surface area contributed by atoms with E-state index >= 15 is 0 Å². The minimum atomic E-state index is 0.634. The van der Waals surface area contributed by atoms with E-state index in [9.17, 15) is 0 Å². The van der Waals surface area contributed by atoms with Crippen molar-refractivity contribution in [2.75, 3.05) is 0 Å². The molecule has 0 N–H and O–H groups in total. The first kappa shape index (κ1) is 9.48. The van der Waals surface area contributed by atoms with Gasteiger partial charge in [-0.1, -0.05) is 36.4 Å². The molecule has 0 aliphatic heterocycles. The summed E-state index contributed by atoms with van der Waals surface area (Å²) < 4.78 is 7.26. The lowest BCUT2D eigenvalue weighted by molar-refractivity contribution is 0.597. The van der Waals surface area contributed by atoms with E-state index in [4.69, 9.17) is 4.42 Å². The van der Waals surface area contributed by atoms with Gasteiger partial charge in [0.05, 0.1) is 11.0 Å². The molecule has 2 aromatic carbocycles. The molecule has 3 heteroatoms. The van der Waals surface area contributed by atoms with Gasteiger partial charge in [-0.3, -0.25) is 4.40 Å². The number of rotatable bonds is 1. The molecule has 18 heavy (non-hydrogen) atoms. The van der Waals surface area contributed by atoms with Crippen molar-refractivity contribution in [3.63, 3.8) is 0 Å². The molecule has 0 radical (unpaired) electrons. The lowest BCUT2D eigenvalue weighted by Crippen LogP contribution is -1.80. The zero-order chi connectivity index (χ0) is 11.9. The Balaban J connectivity index is 2.02. The molecule has 0 aliphatic rings. The maximum Gasteiger partial charge on any atom is 0.306 e. The first-order chi connectivity index (χ1) is 8.92. The Bertz CT molecular complexity index is 827. The van der Waals surface area contributed by atoms with Gasteiger partial charge < -0.3 is 4.42 Å². The molecule has 0 bridgehead atoms. The molecule has 4 aromatic rings. The number of benzene rings is 2. The van der Waals surface area contributed by atoms with Gasteiger partial charge in [-0.2, -0.15) is 4.98 Å². The highest BCUT2D eigenvalue weighted by Crippen LogP contribution is 2.25. The summed E-state index contributed by atoms with van der Waals surface area (Å²) in [6.45, 7) is 0. The molecule has 0 amide bonds. The summed E-state index contributed by atoms with van der Waals surface area (Å²) in [5, 5.41) is 0. The fourth-order valence-electron chi connectivity index (χ4n) is 2.26. The number of hydrogen-bond donors (Lipinski definition) is 0. The van der Waals surface area contributed by atoms with Gasteiger partial charge in [0.2, 0.25) is 0 Å². The van der Waals surface area contributed by atoms with Crippen LogP contribution in [-0.4, -0.2) is 9.38 Å². The highest BCUT2D eigenvalue weighted by molar-refractivity contribution is 5.84. The van der Waals surface area contributed by atoms with Crippen molar-refractivity contribution in [1.82, 2.24) is 9.38 Å². The van der Waals surface area contributed by atoms with Gasteiger partial charge in [-0.25, -0.2) is 0 Å². The maximum absolute atomic E-state index is 5.30. The van der Waals surface area contributed by atoms with E-state index in [-0.39, 0.29) is 0 Å². The topological polar surface area (TPSA) is 30.4 Å². The van der Waals surface area contributed by atoms with Gasteiger partial charge in [0.1, 0.15) is 6.26 Å². The van der Waals surface area contributed by atoms with Crippen LogP contribution < -0.4 is 0 Å². The molecule has 2 heterocycles. The molecule has 0 saturated carbocycles. The van der Waals surface area contributed by atoms with Crippen LogP contribution in [0.1, 0.15) is 0 Å². The second-order valence-corrected chi connectivity index (χ2v) is 4.24. The van der Waals surface area contributed by atoms with E-state index in [0.29, 0.717) is 5.84 Å². The van der Waals surface area contributed by atoms with Crippen molar-refractivity contribution in [2.45, 2.75) is 0 Å². The van der Waals surface area contributed by atoms with E-state index in [2.05, 4.69) is 29.2 Å². The van der Waals surface area contributed by atoms with Crippen LogP contribution in [-0.2, 0) is 0 Å². The zero-order valence-corrected chi connectivity index (χ0v) is 9.58. The Morgan fingerprint density at radius 2 is 1.83 bits per heavy atom. The quantitative estimate of drug-likeness (QED) is 0.502. The number of aromatic nitrogens is 2. The smallest absolute Gasteiger partial charge is 0.306 e. The Morgan fingerprint density at radius 1 is 0.944 bits per heavy atom. The van der Waals surface area contributed by atoms with Crippen molar-refractivity contribution >= 4 is 16.9 Å². The molecule has 2 aromatic heterocycles. The summed E-state index contributed by atoms with van der Waals surface area (Å²) in [5.41, 5.74) is 4.41. The van der Waals surface area contributed by atoms with Crippen LogP contribution in [0.3, 0.4) is 0 Å². The molecule has 0 atom stereocenters. The molecule has 0 spiro atoms. The highest BCUT2D eigenvalue weighted by Gasteiger charge is 2.07. The van der Waals surface area contributed by atoms with Crippen LogP contribution >= 0.6 is 0 Å². The average Bonchev–Trinajstić information content (AvgIpc) is 2.99. The molecule has 0 aliphatic carbocycles. The Kier molecular flexibility index (Phi) is 1.83. The van der Waals surface area contributed by atoms with Gasteiger partial charge in [-0.15, -0.1) is 0 Å². The van der Waals surface area contributed by atoms with Crippen molar-refractivity contribution in [2.24, 2.45) is 0 Å². The van der Waals surface area contributed by atoms with Crippen molar-refractivity contribution in [3.05, 3.63) is 61.0 Å². The largest absolute Gasteiger partial charge is 0.432 e. The summed E-state index contributed by atoms with van der Waals surface area (Å²) in [6, 6.07) is 16.6. The lowest BCUT2D eigenvalue weighted by Gasteiger charge is -2.01. The third-order valence-electron chi connectivity index (χ3n) is 3.15. The van der Waals surface area contributed by atoms with Gasteiger partial charge in [0.25, 0.3) is 0 Å². The number of fused-ring (bicyclic) bond motifs is 3. The summed E-state index contributed by atoms with van der Waals surface area (Å²) in [5.74, 6) is 0.634. The SMILES string of the molecule is c1ccc(-c2ccc3nc4occn4c3c2)cc1. The number of oxazole rings is 1. The maximum atomic E-state index is 5.30. The number of hydrogen-bond acceptors (Lipinski definition) is 2. The van der Waals surface area contributed by atoms with Crippen molar-refractivity contribution in [1.29, 1.82) is 0 Å². The van der Waals surface area contributed by atoms with E-state index in [0.717, 1.165) is 11.0 Å². The van der Waals surface area contributed by atoms with E-state index in [1.54, 1.807) is 6.26 Å². The summed E-state index contributed by atoms with van der Waals surface area (Å²) >= 11 is 0. The molecule has 0 fully saturated rings. The second kappa shape index (κ2) is 3.47. The molecular weight excluding hydrogens is 224 g/mol. The Morgan fingerprint density at radius 3 is 2.72 bits per heavy atom. The van der Waals surface area contributed by atoms with E-state index in [1.165, 1.54) is 11.1 Å². The second-order valence-electron chi connectivity index (χ2n) is 4.24. The molecule has 0 unspecified atom stereocenters. The predicted molar refractivity (Wildman–Crippen MR) is 70.4 cm³/mol. The number of imidazole rings is 1. The molecule has 86 valence electrons. The minimum absolute atomic E-state index is 0.634. The van der Waals surface area contributed by atoms with Crippen LogP contribution in [0.2, 0.25) is 0 Å². The van der Waals surface area contributed by atoms with Crippen molar-refractivity contribution < 1.29 is 4.42 Å². The van der Waals surface area contributed by atoms with Gasteiger partial charge in [0.15, 0.2) is 0 Å². The summed E-state index contributed by atoms with van der Waals surface area (Å²) in [4.78, 5) is 4.41. The molecule has 3 nitrogen and oxygen atoms in total. The third-order valence-corrected chi connectivity index (χ3v) is 3.15. The first-order valence-corrected chi connectivity index (χ1v) is 5.82. The van der Waals surface area contributed by atoms with Crippen molar-refractivity contribution in [3.8, 4) is 11.1 Å². The number of nitrogens with zero attached hydrogens (tertiary/aromatic N) is 2. The normalized spacial score (nSPS) is 11.3. The molecule has 4 rings (SSSR count). The zero-order valence-electron chi connectivity index (χ0n) is 9.58. The van der Waals surface area contributed by atoms with Crippen LogP contribution in [0.5, 0.6) is 0 Å². The summed E-state index contributed by atoms with van der Waals surface area (Å²) in [6.07, 6.45) is 3.54. The monoisotopic (exact) mass is 234 g/mol. The summed E-state index contributed by atoms with van der Waals surface area (Å²) in [7, 11) is 0. The Hall–Kier alpha value is -2.55. The average molecular weight is 234 g/mol. The van der Waals surface area contributed by atoms with Crippen LogP contribution in [0.4, 0.5) is 0 Å². The standard InChI is InChI=1S/C15H10N2O/c1-2-4-11(5-3-1)12-6-7-13-14(10-12)17-8-9-18-15(17)16-13/h1-10H. The van der Waals surface area contributed by atoms with Gasteiger partial charge >= 0.3 is 5.84 Å². The highest BCUT2D eigenvalue weighted by atomic mass is 16.3. The van der Waals surface area contributed by atoms with Gasteiger partial charge in [-0.05, 0) is 23.3 Å². The van der Waals surface area contributed by atoms with Gasteiger partial charge in [0, 0.05) is 6.20 Å². The molecule has 0 saturated heterocycles. The van der Waals surface area contributed by atoms with E-state index in [1.807, 2.05) is 34.9 Å². The Labute approximate surface area is 103 Å². The van der Waals surface area contributed by atoms with Crippen LogP contribution in [0.25, 0.3) is 28.0 Å². The van der Waals surface area contributed by atoms with Crippen LogP contribution in [0, 0.1) is 0 Å². The predicted octanol–water partition coefficient (Wildman–Crippen LogP) is 3.75. The third kappa shape index (κ3) is 1.27.